The molecule has 17 heavy (non-hydrogen) atoms. The largest absolute Gasteiger partial charge is 0.489 e. The first kappa shape index (κ1) is 12.0. The number of ether oxygens (including phenoxy) is 1. The van der Waals surface area contributed by atoms with E-state index in [9.17, 15) is 0 Å². The quantitative estimate of drug-likeness (QED) is 0.870. The normalized spacial score (nSPS) is 10.2. The van der Waals surface area contributed by atoms with Gasteiger partial charge in [0.05, 0.1) is 0 Å². The predicted molar refractivity (Wildman–Crippen MR) is 74.1 cm³/mol. The molecule has 2 aromatic carbocycles. The van der Waals surface area contributed by atoms with E-state index >= 15 is 0 Å². The second-order valence-corrected chi connectivity index (χ2v) is 4.85. The van der Waals surface area contributed by atoms with Gasteiger partial charge < -0.3 is 10.5 Å². The van der Waals surface area contributed by atoms with E-state index in [2.05, 4.69) is 15.9 Å². The Balaban J connectivity index is 2.02. The van der Waals surface area contributed by atoms with E-state index in [0.29, 0.717) is 6.61 Å². The van der Waals surface area contributed by atoms with Gasteiger partial charge in [-0.15, -0.1) is 0 Å². The molecule has 2 N–H and O–H groups in total. The van der Waals surface area contributed by atoms with Crippen molar-refractivity contribution in [3.8, 4) is 5.75 Å². The number of anilines is 1. The van der Waals surface area contributed by atoms with Crippen LogP contribution in [-0.4, -0.2) is 0 Å². The molecule has 0 saturated carbocycles. The molecule has 0 aliphatic heterocycles. The minimum absolute atomic E-state index is 0.558. The Morgan fingerprint density at radius 2 is 1.82 bits per heavy atom. The second kappa shape index (κ2) is 5.23. The molecule has 0 heterocycles. The zero-order valence-corrected chi connectivity index (χ0v) is 11.2. The highest BCUT2D eigenvalue weighted by molar-refractivity contribution is 9.10. The van der Waals surface area contributed by atoms with Crippen LogP contribution >= 0.6 is 15.9 Å². The number of halogens is 1. The van der Waals surface area contributed by atoms with E-state index in [-0.39, 0.29) is 0 Å². The van der Waals surface area contributed by atoms with Gasteiger partial charge in [-0.1, -0.05) is 28.1 Å². The summed E-state index contributed by atoms with van der Waals surface area (Å²) in [6.07, 6.45) is 0. The van der Waals surface area contributed by atoms with Crippen molar-refractivity contribution in [1.82, 2.24) is 0 Å². The van der Waals surface area contributed by atoms with Crippen LogP contribution in [0.1, 0.15) is 11.1 Å². The number of aryl methyl sites for hydroxylation is 1. The molecule has 2 nitrogen and oxygen atoms in total. The molecule has 0 atom stereocenters. The van der Waals surface area contributed by atoms with Crippen LogP contribution in [0.25, 0.3) is 0 Å². The summed E-state index contributed by atoms with van der Waals surface area (Å²) in [5.41, 5.74) is 8.79. The summed E-state index contributed by atoms with van der Waals surface area (Å²) in [6, 6.07) is 13.8. The summed E-state index contributed by atoms with van der Waals surface area (Å²) in [6.45, 7) is 2.56. The molecular formula is C14H14BrNO. The van der Waals surface area contributed by atoms with Crippen LogP contribution in [-0.2, 0) is 6.61 Å². The first-order chi connectivity index (χ1) is 8.15. The van der Waals surface area contributed by atoms with Crippen LogP contribution in [0.5, 0.6) is 5.75 Å². The first-order valence-electron chi connectivity index (χ1n) is 5.38. The summed E-state index contributed by atoms with van der Waals surface area (Å²) in [7, 11) is 0. The minimum atomic E-state index is 0.558. The van der Waals surface area contributed by atoms with Gasteiger partial charge in [0.15, 0.2) is 0 Å². The molecule has 0 spiro atoms. The van der Waals surface area contributed by atoms with Gasteiger partial charge in [0.1, 0.15) is 12.4 Å². The van der Waals surface area contributed by atoms with Crippen molar-refractivity contribution in [2.75, 3.05) is 5.73 Å². The molecule has 0 aromatic heterocycles. The van der Waals surface area contributed by atoms with Gasteiger partial charge in [0, 0.05) is 10.2 Å². The molecule has 0 radical (unpaired) electrons. The van der Waals surface area contributed by atoms with Crippen LogP contribution in [0.15, 0.2) is 46.9 Å². The summed E-state index contributed by atoms with van der Waals surface area (Å²) >= 11 is 3.39. The SMILES string of the molecule is Cc1cc(COc2ccc(Br)cc2)ccc1N. The fourth-order valence-corrected chi connectivity index (χ4v) is 1.79. The fraction of sp³-hybridized carbons (Fsp3) is 0.143. The molecule has 0 aliphatic rings. The maximum Gasteiger partial charge on any atom is 0.119 e. The van der Waals surface area contributed by atoms with Gasteiger partial charge >= 0.3 is 0 Å². The Kier molecular flexibility index (Phi) is 3.69. The van der Waals surface area contributed by atoms with Gasteiger partial charge in [-0.05, 0) is 48.4 Å². The van der Waals surface area contributed by atoms with E-state index in [1.165, 1.54) is 0 Å². The molecule has 0 unspecified atom stereocenters. The molecule has 3 heteroatoms. The Labute approximate surface area is 110 Å². The maximum atomic E-state index is 5.77. The van der Waals surface area contributed by atoms with E-state index in [0.717, 1.165) is 27.0 Å². The first-order valence-corrected chi connectivity index (χ1v) is 6.18. The molecular weight excluding hydrogens is 278 g/mol. The lowest BCUT2D eigenvalue weighted by atomic mass is 10.1. The van der Waals surface area contributed by atoms with E-state index in [1.54, 1.807) is 0 Å². The molecule has 0 fully saturated rings. The van der Waals surface area contributed by atoms with E-state index < -0.39 is 0 Å². The van der Waals surface area contributed by atoms with Crippen molar-refractivity contribution in [2.45, 2.75) is 13.5 Å². The van der Waals surface area contributed by atoms with Crippen molar-refractivity contribution in [2.24, 2.45) is 0 Å². The average Bonchev–Trinajstić information content (AvgIpc) is 2.33. The summed E-state index contributed by atoms with van der Waals surface area (Å²) < 4.78 is 6.73. The maximum absolute atomic E-state index is 5.77. The fourth-order valence-electron chi connectivity index (χ4n) is 1.53. The van der Waals surface area contributed by atoms with Crippen LogP contribution in [0.3, 0.4) is 0 Å². The molecule has 0 amide bonds. The lowest BCUT2D eigenvalue weighted by Gasteiger charge is -2.08. The molecule has 0 saturated heterocycles. The number of nitrogens with two attached hydrogens (primary N) is 1. The number of rotatable bonds is 3. The molecule has 0 aliphatic carbocycles. The molecule has 0 bridgehead atoms. The van der Waals surface area contributed by atoms with Crippen molar-refractivity contribution in [3.05, 3.63) is 58.1 Å². The zero-order valence-electron chi connectivity index (χ0n) is 9.61. The van der Waals surface area contributed by atoms with Crippen molar-refractivity contribution in [3.63, 3.8) is 0 Å². The average molecular weight is 292 g/mol. The lowest BCUT2D eigenvalue weighted by molar-refractivity contribution is 0.306. The van der Waals surface area contributed by atoms with Gasteiger partial charge in [0.2, 0.25) is 0 Å². The number of nitrogen functional groups attached to an aromatic ring is 1. The highest BCUT2D eigenvalue weighted by atomic mass is 79.9. The van der Waals surface area contributed by atoms with Gasteiger partial charge in [0.25, 0.3) is 0 Å². The number of hydrogen-bond donors (Lipinski definition) is 1. The third kappa shape index (κ3) is 3.24. The molecule has 88 valence electrons. The van der Waals surface area contributed by atoms with E-state index in [1.807, 2.05) is 49.4 Å². The highest BCUT2D eigenvalue weighted by Crippen LogP contribution is 2.18. The molecule has 2 rings (SSSR count). The number of benzene rings is 2. The minimum Gasteiger partial charge on any atom is -0.489 e. The summed E-state index contributed by atoms with van der Waals surface area (Å²) in [4.78, 5) is 0. The van der Waals surface area contributed by atoms with Crippen LogP contribution in [0.2, 0.25) is 0 Å². The third-order valence-electron chi connectivity index (χ3n) is 2.55. The Morgan fingerprint density at radius 1 is 1.12 bits per heavy atom. The summed E-state index contributed by atoms with van der Waals surface area (Å²) in [5.74, 6) is 0.864. The van der Waals surface area contributed by atoms with E-state index in [4.69, 9.17) is 10.5 Å². The summed E-state index contributed by atoms with van der Waals surface area (Å²) in [5, 5.41) is 0. The van der Waals surface area contributed by atoms with Crippen LogP contribution < -0.4 is 10.5 Å². The van der Waals surface area contributed by atoms with Crippen molar-refractivity contribution in [1.29, 1.82) is 0 Å². The number of hydrogen-bond acceptors (Lipinski definition) is 2. The highest BCUT2D eigenvalue weighted by Gasteiger charge is 1.98. The zero-order chi connectivity index (χ0) is 12.3. The van der Waals surface area contributed by atoms with Crippen molar-refractivity contribution >= 4 is 21.6 Å². The van der Waals surface area contributed by atoms with Gasteiger partial charge in [-0.25, -0.2) is 0 Å². The predicted octanol–water partition coefficient (Wildman–Crippen LogP) is 3.92. The standard InChI is InChI=1S/C14H14BrNO/c1-10-8-11(2-7-14(10)16)9-17-13-5-3-12(15)4-6-13/h2-8H,9,16H2,1H3. The van der Waals surface area contributed by atoms with Crippen LogP contribution in [0.4, 0.5) is 5.69 Å². The lowest BCUT2D eigenvalue weighted by Crippen LogP contribution is -1.97. The van der Waals surface area contributed by atoms with Crippen molar-refractivity contribution < 1.29 is 4.74 Å². The topological polar surface area (TPSA) is 35.2 Å². The second-order valence-electron chi connectivity index (χ2n) is 3.93. The van der Waals surface area contributed by atoms with Gasteiger partial charge in [-0.2, -0.15) is 0 Å². The monoisotopic (exact) mass is 291 g/mol. The molecule has 2 aromatic rings. The smallest absolute Gasteiger partial charge is 0.119 e. The Bertz CT molecular complexity index is 508. The van der Waals surface area contributed by atoms with Gasteiger partial charge in [-0.3, -0.25) is 0 Å². The third-order valence-corrected chi connectivity index (χ3v) is 3.08. The Morgan fingerprint density at radius 3 is 2.47 bits per heavy atom. The Hall–Kier alpha value is -1.48. The van der Waals surface area contributed by atoms with Crippen LogP contribution in [0, 0.1) is 6.92 Å².